The van der Waals surface area contributed by atoms with Crippen LogP contribution in [0.1, 0.15) is 52.9 Å². The summed E-state index contributed by atoms with van der Waals surface area (Å²) in [4.78, 5) is 0. The molecule has 0 N–H and O–H groups in total. The van der Waals surface area contributed by atoms with Crippen LogP contribution in [0.25, 0.3) is 0 Å². The minimum atomic E-state index is 0.629. The molecule has 0 aliphatic heterocycles. The van der Waals surface area contributed by atoms with E-state index in [4.69, 9.17) is 0 Å². The first-order chi connectivity index (χ1) is 7.20. The van der Waals surface area contributed by atoms with Crippen molar-refractivity contribution < 1.29 is 4.39 Å². The molecule has 0 fully saturated rings. The summed E-state index contributed by atoms with van der Waals surface area (Å²) in [6.45, 7) is 6.29. The number of rotatable bonds is 7. The first-order valence-corrected chi connectivity index (χ1v) is 5.81. The largest absolute Gasteiger partial charge is 0.216 e. The second kappa shape index (κ2) is 9.70. The Hall–Kier alpha value is -0.850. The lowest BCUT2D eigenvalue weighted by molar-refractivity contribution is 0.665. The normalized spacial score (nSPS) is 12.1. The van der Waals surface area contributed by atoms with Gasteiger partial charge in [-0.3, -0.25) is 0 Å². The first-order valence-electron chi connectivity index (χ1n) is 5.81. The summed E-state index contributed by atoms with van der Waals surface area (Å²) in [5, 5.41) is 0. The highest BCUT2D eigenvalue weighted by atomic mass is 19.1. The lowest BCUT2D eigenvalue weighted by Gasteiger charge is -2.00. The molecule has 0 aliphatic carbocycles. The van der Waals surface area contributed by atoms with E-state index in [9.17, 15) is 4.39 Å². The van der Waals surface area contributed by atoms with Crippen molar-refractivity contribution in [1.82, 2.24) is 0 Å². The quantitative estimate of drug-likeness (QED) is 0.393. The highest BCUT2D eigenvalue weighted by Gasteiger charge is 1.93. The maximum atomic E-state index is 12.1. The standard InChI is InChI=1S/C14H23F/c1-4-5-6-7-8-14(11-12-15)10-9-13(2)3/h9-12H,4-8H2,1-3H3/b12-11+,14-10-. The first kappa shape index (κ1) is 14.2. The minimum absolute atomic E-state index is 0.629. The molecule has 0 saturated carbocycles. The molecule has 0 atom stereocenters. The Morgan fingerprint density at radius 1 is 1.07 bits per heavy atom. The second-order valence-corrected chi connectivity index (χ2v) is 4.09. The SMILES string of the molecule is CCCCCCC(=C/C=C(C)C)/C=C/F. The van der Waals surface area contributed by atoms with E-state index in [0.29, 0.717) is 6.33 Å². The molecule has 0 aliphatic rings. The van der Waals surface area contributed by atoms with Gasteiger partial charge < -0.3 is 0 Å². The number of unbranched alkanes of at least 4 members (excludes halogenated alkanes) is 3. The van der Waals surface area contributed by atoms with E-state index in [0.717, 1.165) is 18.4 Å². The van der Waals surface area contributed by atoms with Crippen LogP contribution >= 0.6 is 0 Å². The predicted octanol–water partition coefficient (Wildman–Crippen LogP) is 5.33. The van der Waals surface area contributed by atoms with Crippen LogP contribution in [-0.2, 0) is 0 Å². The molecule has 0 rings (SSSR count). The van der Waals surface area contributed by atoms with Crippen LogP contribution in [0.2, 0.25) is 0 Å². The summed E-state index contributed by atoms with van der Waals surface area (Å²) in [6, 6.07) is 0. The molecule has 0 unspecified atom stereocenters. The molecule has 0 aromatic heterocycles. The van der Waals surface area contributed by atoms with Gasteiger partial charge in [0.1, 0.15) is 0 Å². The van der Waals surface area contributed by atoms with E-state index in [1.165, 1.54) is 24.8 Å². The van der Waals surface area contributed by atoms with E-state index in [1.54, 1.807) is 6.08 Å². The van der Waals surface area contributed by atoms with Crippen molar-refractivity contribution in [1.29, 1.82) is 0 Å². The molecule has 0 bridgehead atoms. The average Bonchev–Trinajstić information content (AvgIpc) is 2.20. The second-order valence-electron chi connectivity index (χ2n) is 4.09. The molecule has 0 saturated heterocycles. The molecular weight excluding hydrogens is 187 g/mol. The van der Waals surface area contributed by atoms with E-state index in [-0.39, 0.29) is 0 Å². The van der Waals surface area contributed by atoms with Gasteiger partial charge in [-0.15, -0.1) is 0 Å². The maximum absolute atomic E-state index is 12.1. The van der Waals surface area contributed by atoms with Crippen LogP contribution in [-0.4, -0.2) is 0 Å². The lowest BCUT2D eigenvalue weighted by Crippen LogP contribution is -1.81. The molecule has 0 aromatic rings. The van der Waals surface area contributed by atoms with Gasteiger partial charge in [-0.1, -0.05) is 43.9 Å². The summed E-state index contributed by atoms with van der Waals surface area (Å²) >= 11 is 0. The Balaban J connectivity index is 4.05. The molecule has 1 heteroatoms. The number of allylic oxidation sites excluding steroid dienone is 5. The van der Waals surface area contributed by atoms with Crippen molar-refractivity contribution in [3.8, 4) is 0 Å². The van der Waals surface area contributed by atoms with Crippen molar-refractivity contribution in [3.05, 3.63) is 35.7 Å². The topological polar surface area (TPSA) is 0 Å². The fourth-order valence-corrected chi connectivity index (χ4v) is 1.33. The third kappa shape index (κ3) is 9.45. The molecular formula is C14H23F. The zero-order chi connectivity index (χ0) is 11.5. The average molecular weight is 210 g/mol. The third-order valence-electron chi connectivity index (χ3n) is 2.23. The summed E-state index contributed by atoms with van der Waals surface area (Å²) in [5.74, 6) is 0. The van der Waals surface area contributed by atoms with Crippen LogP contribution in [0.5, 0.6) is 0 Å². The van der Waals surface area contributed by atoms with Gasteiger partial charge in [-0.25, -0.2) is 4.39 Å². The maximum Gasteiger partial charge on any atom is 0.0869 e. The molecule has 0 heterocycles. The Labute approximate surface area is 93.6 Å². The molecule has 86 valence electrons. The van der Waals surface area contributed by atoms with Gasteiger partial charge in [-0.2, -0.15) is 0 Å². The fraction of sp³-hybridized carbons (Fsp3) is 0.571. The Morgan fingerprint density at radius 3 is 2.33 bits per heavy atom. The number of hydrogen-bond donors (Lipinski definition) is 0. The van der Waals surface area contributed by atoms with Crippen molar-refractivity contribution in [2.24, 2.45) is 0 Å². The van der Waals surface area contributed by atoms with E-state index >= 15 is 0 Å². The molecule has 0 aromatic carbocycles. The summed E-state index contributed by atoms with van der Waals surface area (Å²) in [7, 11) is 0. The fourth-order valence-electron chi connectivity index (χ4n) is 1.33. The van der Waals surface area contributed by atoms with Gasteiger partial charge in [-0.05, 0) is 38.3 Å². The molecule has 0 amide bonds. The highest BCUT2D eigenvalue weighted by Crippen LogP contribution is 2.12. The summed E-state index contributed by atoms with van der Waals surface area (Å²) < 4.78 is 12.1. The van der Waals surface area contributed by atoms with Crippen LogP contribution in [0, 0.1) is 0 Å². The van der Waals surface area contributed by atoms with Crippen molar-refractivity contribution in [2.75, 3.05) is 0 Å². The van der Waals surface area contributed by atoms with Gasteiger partial charge in [0.25, 0.3) is 0 Å². The van der Waals surface area contributed by atoms with Crippen LogP contribution in [0.15, 0.2) is 35.7 Å². The monoisotopic (exact) mass is 210 g/mol. The van der Waals surface area contributed by atoms with Crippen LogP contribution in [0.4, 0.5) is 4.39 Å². The molecule has 0 spiro atoms. The zero-order valence-corrected chi connectivity index (χ0v) is 10.2. The van der Waals surface area contributed by atoms with E-state index < -0.39 is 0 Å². The Morgan fingerprint density at radius 2 is 1.80 bits per heavy atom. The summed E-state index contributed by atoms with van der Waals surface area (Å²) in [5.41, 5.74) is 2.32. The Kier molecular flexibility index (Phi) is 9.15. The van der Waals surface area contributed by atoms with Gasteiger partial charge >= 0.3 is 0 Å². The van der Waals surface area contributed by atoms with Gasteiger partial charge in [0.05, 0.1) is 6.33 Å². The van der Waals surface area contributed by atoms with Gasteiger partial charge in [0.15, 0.2) is 0 Å². The van der Waals surface area contributed by atoms with Crippen LogP contribution < -0.4 is 0 Å². The van der Waals surface area contributed by atoms with Crippen molar-refractivity contribution in [3.63, 3.8) is 0 Å². The number of halogens is 1. The molecule has 0 radical (unpaired) electrons. The Bertz CT molecular complexity index is 230. The lowest BCUT2D eigenvalue weighted by atomic mass is 10.1. The highest BCUT2D eigenvalue weighted by molar-refractivity contribution is 5.24. The third-order valence-corrected chi connectivity index (χ3v) is 2.23. The predicted molar refractivity (Wildman–Crippen MR) is 66.5 cm³/mol. The van der Waals surface area contributed by atoms with Crippen molar-refractivity contribution >= 4 is 0 Å². The van der Waals surface area contributed by atoms with Gasteiger partial charge in [0.2, 0.25) is 0 Å². The number of hydrogen-bond acceptors (Lipinski definition) is 0. The molecule has 0 nitrogen and oxygen atoms in total. The van der Waals surface area contributed by atoms with Crippen molar-refractivity contribution in [2.45, 2.75) is 52.9 Å². The van der Waals surface area contributed by atoms with Gasteiger partial charge in [0, 0.05) is 0 Å². The molecule has 15 heavy (non-hydrogen) atoms. The van der Waals surface area contributed by atoms with E-state index in [1.807, 2.05) is 26.0 Å². The van der Waals surface area contributed by atoms with E-state index in [2.05, 4.69) is 6.92 Å². The smallest absolute Gasteiger partial charge is 0.0869 e. The summed E-state index contributed by atoms with van der Waals surface area (Å²) in [6.07, 6.45) is 12.1. The van der Waals surface area contributed by atoms with Crippen LogP contribution in [0.3, 0.4) is 0 Å². The zero-order valence-electron chi connectivity index (χ0n) is 10.2. The minimum Gasteiger partial charge on any atom is -0.216 e.